The molecular formula is C10H10KNO3. The number of aliphatic carboxylic acids is 1. The van der Waals surface area contributed by atoms with Gasteiger partial charge in [-0.3, -0.25) is 0 Å². The molecule has 0 atom stereocenters. The van der Waals surface area contributed by atoms with Crippen molar-refractivity contribution < 1.29 is 66.8 Å². The molecule has 0 saturated heterocycles. The van der Waals surface area contributed by atoms with E-state index in [1.165, 1.54) is 0 Å². The number of rotatable bonds is 1. The number of hydrogen-bond donors (Lipinski definition) is 0. The van der Waals surface area contributed by atoms with Crippen LogP contribution in [0.15, 0.2) is 47.9 Å². The Labute approximate surface area is 130 Å². The predicted molar refractivity (Wildman–Crippen MR) is 49.8 cm³/mol. The Balaban J connectivity index is 0.000000980. The van der Waals surface area contributed by atoms with Crippen molar-refractivity contribution in [3.63, 3.8) is 0 Å². The maximum Gasteiger partial charge on any atom is 1.00 e. The quantitative estimate of drug-likeness (QED) is 0.433. The van der Waals surface area contributed by atoms with Crippen molar-refractivity contribution in [1.29, 1.82) is 0 Å². The number of carbonyl (C=O) groups excluding carboxylic acids is 1. The number of nitrogens with zero attached hydrogens (tertiary/aromatic N) is 1. The summed E-state index contributed by atoms with van der Waals surface area (Å²) in [5.74, 6) is -1.12. The molecule has 2 aliphatic rings. The molecule has 0 bridgehead atoms. The third kappa shape index (κ3) is 3.41. The minimum absolute atomic E-state index is 0. The molecule has 0 saturated carbocycles. The number of carboxylic acids is 1. The molecule has 5 heteroatoms. The first-order valence-electron chi connectivity index (χ1n) is 4.02. The average molecular weight is 231 g/mol. The summed E-state index contributed by atoms with van der Waals surface area (Å²) >= 11 is 0. The fraction of sp³-hybridized carbons (Fsp3) is 0.100. The van der Waals surface area contributed by atoms with Gasteiger partial charge in [0.1, 0.15) is 0 Å². The molecule has 0 amide bonds. The van der Waals surface area contributed by atoms with E-state index in [1.54, 1.807) is 12.2 Å². The molecule has 74 valence electrons. The van der Waals surface area contributed by atoms with Gasteiger partial charge in [0, 0.05) is 18.4 Å². The maximum absolute atomic E-state index is 10.5. The summed E-state index contributed by atoms with van der Waals surface area (Å²) in [5, 5.41) is 10.5. The van der Waals surface area contributed by atoms with Gasteiger partial charge < -0.3 is 20.3 Å². The van der Waals surface area contributed by atoms with Crippen molar-refractivity contribution in [1.82, 2.24) is 4.90 Å². The predicted octanol–water partition coefficient (Wildman–Crippen LogP) is -3.87. The van der Waals surface area contributed by atoms with Crippen molar-refractivity contribution in [2.45, 2.75) is 0 Å². The number of fused-ring (bicyclic) bond motifs is 1. The molecule has 0 fully saturated rings. The minimum atomic E-state index is -1.12. The molecule has 4 nitrogen and oxygen atoms in total. The van der Waals surface area contributed by atoms with Crippen LogP contribution in [0.1, 0.15) is 0 Å². The van der Waals surface area contributed by atoms with Crippen LogP contribution in [0, 0.1) is 0 Å². The Morgan fingerprint density at radius 2 is 2.13 bits per heavy atom. The number of hydrogen-bond acceptors (Lipinski definition) is 3. The van der Waals surface area contributed by atoms with Gasteiger partial charge in [-0.1, -0.05) is 12.2 Å². The van der Waals surface area contributed by atoms with E-state index in [0.717, 1.165) is 5.70 Å². The van der Waals surface area contributed by atoms with E-state index >= 15 is 0 Å². The first kappa shape index (κ1) is 14.8. The average Bonchev–Trinajstić information content (AvgIpc) is 2.17. The van der Waals surface area contributed by atoms with E-state index in [4.69, 9.17) is 0 Å². The molecule has 0 spiro atoms. The third-order valence-electron chi connectivity index (χ3n) is 2.02. The topological polar surface area (TPSA) is 74.9 Å². The second-order valence-electron chi connectivity index (χ2n) is 2.87. The second-order valence-corrected chi connectivity index (χ2v) is 2.87. The van der Waals surface area contributed by atoms with E-state index in [2.05, 4.69) is 0 Å². The van der Waals surface area contributed by atoms with Crippen molar-refractivity contribution in [2.24, 2.45) is 0 Å². The zero-order valence-electron chi connectivity index (χ0n) is 8.43. The standard InChI is InChI=1S/C10H9NO2.K.H2O/c12-10(13)8-4-6-11-5-2-1-3-9(11)7-8;;/h1-5,7H,6H2,(H,12,13);;1H2/q;+1;/p-1. The Bertz CT molecular complexity index is 369. The fourth-order valence-corrected chi connectivity index (χ4v) is 1.34. The first-order chi connectivity index (χ1) is 6.27. The molecular weight excluding hydrogens is 221 g/mol. The van der Waals surface area contributed by atoms with Crippen molar-refractivity contribution >= 4 is 5.97 Å². The molecule has 0 unspecified atom stereocenters. The van der Waals surface area contributed by atoms with Gasteiger partial charge in [0.15, 0.2) is 0 Å². The van der Waals surface area contributed by atoms with Gasteiger partial charge in [-0.25, -0.2) is 0 Å². The van der Waals surface area contributed by atoms with Crippen molar-refractivity contribution in [3.8, 4) is 0 Å². The maximum atomic E-state index is 10.5. The van der Waals surface area contributed by atoms with Crippen molar-refractivity contribution in [2.75, 3.05) is 6.54 Å². The Morgan fingerprint density at radius 1 is 1.40 bits per heavy atom. The fourth-order valence-electron chi connectivity index (χ4n) is 1.34. The largest absolute Gasteiger partial charge is 1.00 e. The van der Waals surface area contributed by atoms with Crippen LogP contribution >= 0.6 is 0 Å². The summed E-state index contributed by atoms with van der Waals surface area (Å²) in [7, 11) is 0. The SMILES string of the molecule is O.O=C([O-])C1=CCN2C=CC=CC2=C1.[K+]. The van der Waals surface area contributed by atoms with Gasteiger partial charge in [0.2, 0.25) is 0 Å². The van der Waals surface area contributed by atoms with E-state index in [1.807, 2.05) is 29.3 Å². The number of carboxylic acid groups (broad SMARTS) is 1. The molecule has 2 rings (SSSR count). The Hall–Kier alpha value is -0.174. The molecule has 0 aromatic rings. The molecule has 2 N–H and O–H groups in total. The number of carbonyl (C=O) groups is 1. The van der Waals surface area contributed by atoms with Crippen LogP contribution in [0.25, 0.3) is 0 Å². The molecule has 2 heterocycles. The number of allylic oxidation sites excluding steroid dienone is 3. The summed E-state index contributed by atoms with van der Waals surface area (Å²) < 4.78 is 0. The van der Waals surface area contributed by atoms with E-state index in [-0.39, 0.29) is 62.4 Å². The van der Waals surface area contributed by atoms with Crippen LogP contribution in [0.2, 0.25) is 0 Å². The monoisotopic (exact) mass is 231 g/mol. The van der Waals surface area contributed by atoms with Gasteiger partial charge in [0.05, 0.1) is 5.97 Å². The third-order valence-corrected chi connectivity index (χ3v) is 2.02. The van der Waals surface area contributed by atoms with E-state index in [9.17, 15) is 9.90 Å². The van der Waals surface area contributed by atoms with Crippen LogP contribution in [-0.2, 0) is 4.79 Å². The zero-order chi connectivity index (χ0) is 9.26. The van der Waals surface area contributed by atoms with Gasteiger partial charge in [0.25, 0.3) is 0 Å². The van der Waals surface area contributed by atoms with Crippen LogP contribution < -0.4 is 56.5 Å². The summed E-state index contributed by atoms with van der Waals surface area (Å²) in [6, 6.07) is 0. The molecule has 15 heavy (non-hydrogen) atoms. The van der Waals surface area contributed by atoms with Crippen molar-refractivity contribution in [3.05, 3.63) is 47.9 Å². The van der Waals surface area contributed by atoms with E-state index < -0.39 is 5.97 Å². The molecule has 0 aromatic carbocycles. The molecule has 0 aromatic heterocycles. The Kier molecular flexibility index (Phi) is 6.34. The van der Waals surface area contributed by atoms with E-state index in [0.29, 0.717) is 6.54 Å². The summed E-state index contributed by atoms with van der Waals surface area (Å²) in [4.78, 5) is 12.5. The molecule has 0 radical (unpaired) electrons. The normalized spacial score (nSPS) is 16.7. The minimum Gasteiger partial charge on any atom is -0.545 e. The second kappa shape index (κ2) is 6.42. The first-order valence-corrected chi connectivity index (χ1v) is 4.02. The van der Waals surface area contributed by atoms with Crippen LogP contribution in [0.5, 0.6) is 0 Å². The van der Waals surface area contributed by atoms with Crippen LogP contribution in [0.3, 0.4) is 0 Å². The molecule has 2 aliphatic heterocycles. The molecule has 0 aliphatic carbocycles. The van der Waals surface area contributed by atoms with Gasteiger partial charge in [-0.15, -0.1) is 0 Å². The van der Waals surface area contributed by atoms with Crippen LogP contribution in [0.4, 0.5) is 0 Å². The zero-order valence-corrected chi connectivity index (χ0v) is 11.6. The summed E-state index contributed by atoms with van der Waals surface area (Å²) in [6.07, 6.45) is 10.8. The van der Waals surface area contributed by atoms with Gasteiger partial charge in [-0.2, -0.15) is 0 Å². The smallest absolute Gasteiger partial charge is 0.545 e. The van der Waals surface area contributed by atoms with Gasteiger partial charge in [-0.05, 0) is 23.8 Å². The Morgan fingerprint density at radius 3 is 2.80 bits per heavy atom. The summed E-state index contributed by atoms with van der Waals surface area (Å²) in [5.41, 5.74) is 1.15. The van der Waals surface area contributed by atoms with Crippen LogP contribution in [-0.4, -0.2) is 22.9 Å². The summed E-state index contributed by atoms with van der Waals surface area (Å²) in [6.45, 7) is 0.593. The van der Waals surface area contributed by atoms with Gasteiger partial charge >= 0.3 is 51.4 Å².